The summed E-state index contributed by atoms with van der Waals surface area (Å²) in [6.45, 7) is 3.69. The van der Waals surface area contributed by atoms with Gasteiger partial charge >= 0.3 is 6.18 Å². The van der Waals surface area contributed by atoms with E-state index in [-0.39, 0.29) is 0 Å². The number of fused-ring (bicyclic) bond motifs is 1. The molecule has 1 nitrogen and oxygen atoms in total. The average molecular weight is 420 g/mol. The third-order valence-electron chi connectivity index (χ3n) is 4.91. The first-order chi connectivity index (χ1) is 13.8. The molecule has 1 aliphatic carbocycles. The molecule has 156 valence electrons. The van der Waals surface area contributed by atoms with E-state index in [1.54, 1.807) is 6.92 Å². The van der Waals surface area contributed by atoms with E-state index in [0.717, 1.165) is 40.2 Å². The van der Waals surface area contributed by atoms with Crippen molar-refractivity contribution in [1.82, 2.24) is 0 Å². The fourth-order valence-corrected chi connectivity index (χ4v) is 3.25. The molecule has 0 atom stereocenters. The van der Waals surface area contributed by atoms with Crippen molar-refractivity contribution < 1.29 is 13.2 Å². The lowest BCUT2D eigenvalue weighted by molar-refractivity contribution is -0.137. The molecule has 2 aliphatic rings. The lowest BCUT2D eigenvalue weighted by Crippen LogP contribution is -2.03. The van der Waals surface area contributed by atoms with Crippen LogP contribution in [0.3, 0.4) is 0 Å². The van der Waals surface area contributed by atoms with E-state index in [0.29, 0.717) is 0 Å². The summed E-state index contributed by atoms with van der Waals surface area (Å²) in [6, 6.07) is 11.3. The smallest absolute Gasteiger partial charge is 0.261 e. The van der Waals surface area contributed by atoms with Gasteiger partial charge < -0.3 is 0 Å². The highest BCUT2D eigenvalue weighted by Crippen LogP contribution is 2.29. The zero-order valence-electron chi connectivity index (χ0n) is 17.1. The second-order valence-electron chi connectivity index (χ2n) is 7.40. The maximum Gasteiger partial charge on any atom is 0.416 e. The Labute approximate surface area is 177 Å². The Kier molecular flexibility index (Phi) is 9.02. The number of hydrogen-bond donors (Lipinski definition) is 0. The van der Waals surface area contributed by atoms with Gasteiger partial charge in [-0.25, -0.2) is 0 Å². The van der Waals surface area contributed by atoms with Gasteiger partial charge in [-0.15, -0.1) is 0 Å². The Morgan fingerprint density at radius 2 is 1.45 bits per heavy atom. The van der Waals surface area contributed by atoms with E-state index in [1.165, 1.54) is 56.2 Å². The zero-order chi connectivity index (χ0) is 21.3. The minimum absolute atomic E-state index is 0.594. The molecule has 0 unspecified atom stereocenters. The van der Waals surface area contributed by atoms with E-state index >= 15 is 0 Å². The molecule has 0 spiro atoms. The molecule has 0 saturated heterocycles. The highest BCUT2D eigenvalue weighted by Gasteiger charge is 2.29. The highest BCUT2D eigenvalue weighted by atomic mass is 32.1. The number of aryl methyl sites for hydroxylation is 1. The van der Waals surface area contributed by atoms with Gasteiger partial charge in [0, 0.05) is 17.5 Å². The Morgan fingerprint density at radius 3 is 1.93 bits per heavy atom. The SMILES string of the molecule is C1CCCCC1.CC(=S)c1ccc2c(c1)N=CC2.Cc1ccc(C(F)(F)F)cc1. The predicted octanol–water partition coefficient (Wildman–Crippen LogP) is 8.04. The number of alkyl halides is 3. The molecule has 0 N–H and O–H groups in total. The molecule has 0 radical (unpaired) electrons. The van der Waals surface area contributed by atoms with Crippen LogP contribution in [0.1, 0.15) is 67.7 Å². The Hall–Kier alpha value is -2.01. The molecule has 4 rings (SSSR count). The Balaban J connectivity index is 0.000000164. The number of aliphatic imine (C=N–C) groups is 1. The molecule has 2 aromatic carbocycles. The summed E-state index contributed by atoms with van der Waals surface area (Å²) in [5, 5.41) is 0. The summed E-state index contributed by atoms with van der Waals surface area (Å²) in [5.74, 6) is 0. The molecular weight excluding hydrogens is 391 g/mol. The monoisotopic (exact) mass is 419 g/mol. The molecule has 5 heteroatoms. The Morgan fingerprint density at radius 1 is 0.897 bits per heavy atom. The number of nitrogens with zero attached hydrogens (tertiary/aromatic N) is 1. The largest absolute Gasteiger partial charge is 0.416 e. The molecule has 29 heavy (non-hydrogen) atoms. The third kappa shape index (κ3) is 8.09. The quantitative estimate of drug-likeness (QED) is 0.336. The summed E-state index contributed by atoms with van der Waals surface area (Å²) < 4.78 is 35.8. The van der Waals surface area contributed by atoms with Gasteiger partial charge in [-0.1, -0.05) is 80.6 Å². The first kappa shape index (κ1) is 23.3. The number of benzene rings is 2. The third-order valence-corrected chi connectivity index (χ3v) is 5.15. The summed E-state index contributed by atoms with van der Waals surface area (Å²) in [4.78, 5) is 5.19. The van der Waals surface area contributed by atoms with Crippen LogP contribution < -0.4 is 0 Å². The number of hydrogen-bond acceptors (Lipinski definition) is 2. The van der Waals surface area contributed by atoms with Gasteiger partial charge in [-0.2, -0.15) is 13.2 Å². The van der Waals surface area contributed by atoms with E-state index in [2.05, 4.69) is 23.2 Å². The van der Waals surface area contributed by atoms with Crippen LogP contribution in [0.25, 0.3) is 0 Å². The van der Waals surface area contributed by atoms with Crippen molar-refractivity contribution in [3.8, 4) is 0 Å². The fraction of sp³-hybridized carbons (Fsp3) is 0.417. The minimum atomic E-state index is -4.21. The van der Waals surface area contributed by atoms with Gasteiger partial charge in [-0.3, -0.25) is 4.99 Å². The van der Waals surface area contributed by atoms with Crippen LogP contribution in [0.4, 0.5) is 18.9 Å². The average Bonchev–Trinajstić information content (AvgIpc) is 3.18. The van der Waals surface area contributed by atoms with Crippen LogP contribution in [-0.4, -0.2) is 11.1 Å². The summed E-state index contributed by atoms with van der Waals surface area (Å²) in [6.07, 6.45) is 7.69. The molecule has 0 bridgehead atoms. The van der Waals surface area contributed by atoms with Crippen LogP contribution in [0.5, 0.6) is 0 Å². The number of halogens is 3. The topological polar surface area (TPSA) is 12.4 Å². The normalized spacial score (nSPS) is 14.8. The molecule has 0 amide bonds. The van der Waals surface area contributed by atoms with E-state index in [9.17, 15) is 13.2 Å². The van der Waals surface area contributed by atoms with Gasteiger partial charge in [0.1, 0.15) is 0 Å². The van der Waals surface area contributed by atoms with E-state index in [4.69, 9.17) is 12.2 Å². The van der Waals surface area contributed by atoms with Crippen molar-refractivity contribution in [2.45, 2.75) is 65.0 Å². The van der Waals surface area contributed by atoms with Crippen LogP contribution in [0, 0.1) is 6.92 Å². The Bertz CT molecular complexity index is 807. The van der Waals surface area contributed by atoms with Gasteiger partial charge in [0.25, 0.3) is 0 Å². The van der Waals surface area contributed by atoms with Crippen LogP contribution in [0.15, 0.2) is 47.5 Å². The van der Waals surface area contributed by atoms with Crippen molar-refractivity contribution in [1.29, 1.82) is 0 Å². The number of rotatable bonds is 1. The second-order valence-corrected chi connectivity index (χ2v) is 8.01. The van der Waals surface area contributed by atoms with E-state index in [1.807, 2.05) is 13.1 Å². The molecule has 2 aromatic rings. The highest BCUT2D eigenvalue weighted by molar-refractivity contribution is 7.80. The maximum atomic E-state index is 11.9. The lowest BCUT2D eigenvalue weighted by atomic mass is 10.0. The summed E-state index contributed by atoms with van der Waals surface area (Å²) >= 11 is 5.08. The zero-order valence-corrected chi connectivity index (χ0v) is 17.9. The molecule has 1 aliphatic heterocycles. The van der Waals surface area contributed by atoms with Crippen molar-refractivity contribution in [2.75, 3.05) is 0 Å². The first-order valence-electron chi connectivity index (χ1n) is 10.1. The van der Waals surface area contributed by atoms with Crippen LogP contribution >= 0.6 is 12.2 Å². The molecule has 0 aromatic heterocycles. The molecular formula is C24H28F3NS. The van der Waals surface area contributed by atoms with Crippen molar-refractivity contribution in [2.24, 2.45) is 4.99 Å². The standard InChI is InChI=1S/C10H9NS.C8H7F3.C6H12/c1-7(12)9-3-2-8-4-5-11-10(8)6-9;1-6-2-4-7(5-3-6)8(9,10)11;1-2-4-6-5-3-1/h2-3,5-6H,4H2,1H3;2-5H,1H3;1-6H2. The van der Waals surface area contributed by atoms with Crippen LogP contribution in [-0.2, 0) is 12.6 Å². The van der Waals surface area contributed by atoms with Gasteiger partial charge in [-0.05, 0) is 43.2 Å². The lowest BCUT2D eigenvalue weighted by Gasteiger charge is -2.05. The summed E-state index contributed by atoms with van der Waals surface area (Å²) in [5.41, 5.74) is 3.73. The van der Waals surface area contributed by atoms with Gasteiger partial charge in [0.2, 0.25) is 0 Å². The fourth-order valence-electron chi connectivity index (χ4n) is 3.12. The first-order valence-corrected chi connectivity index (χ1v) is 10.5. The second kappa shape index (κ2) is 11.2. The van der Waals surface area contributed by atoms with E-state index < -0.39 is 11.7 Å². The van der Waals surface area contributed by atoms with Gasteiger partial charge in [0.15, 0.2) is 0 Å². The summed E-state index contributed by atoms with van der Waals surface area (Å²) in [7, 11) is 0. The molecule has 1 heterocycles. The predicted molar refractivity (Wildman–Crippen MR) is 120 cm³/mol. The minimum Gasteiger partial charge on any atom is -0.261 e. The van der Waals surface area contributed by atoms with Crippen molar-refractivity contribution >= 4 is 29.0 Å². The maximum absolute atomic E-state index is 11.9. The number of thiocarbonyl (C=S) groups is 1. The van der Waals surface area contributed by atoms with Crippen LogP contribution in [0.2, 0.25) is 0 Å². The van der Waals surface area contributed by atoms with Crippen molar-refractivity contribution in [3.63, 3.8) is 0 Å². The molecule has 1 saturated carbocycles. The molecule has 1 fully saturated rings. The van der Waals surface area contributed by atoms with Crippen molar-refractivity contribution in [3.05, 3.63) is 64.7 Å². The van der Waals surface area contributed by atoms with Gasteiger partial charge in [0.05, 0.1) is 11.3 Å².